The summed E-state index contributed by atoms with van der Waals surface area (Å²) in [5.41, 5.74) is 21.7. The van der Waals surface area contributed by atoms with Gasteiger partial charge in [-0.05, 0) is 57.9 Å². The number of guanidine groups is 1. The highest BCUT2D eigenvalue weighted by Crippen LogP contribution is 2.21. The van der Waals surface area contributed by atoms with Crippen LogP contribution in [0, 0.1) is 0 Å². The highest BCUT2D eigenvalue weighted by atomic mass is 16.4. The largest absolute Gasteiger partial charge is 0.481 e. The number of primary amides is 2. The monoisotopic (exact) mass is 848 g/mol. The maximum absolute atomic E-state index is 14.0. The minimum atomic E-state index is -1.53. The van der Waals surface area contributed by atoms with Crippen molar-refractivity contribution in [2.24, 2.45) is 27.9 Å². The second kappa shape index (κ2) is 23.9. The number of nitrogens with one attached hydrogen (secondary N) is 7. The van der Waals surface area contributed by atoms with E-state index in [2.05, 4.69) is 46.9 Å². The van der Waals surface area contributed by atoms with Crippen LogP contribution in [0.25, 0.3) is 0 Å². The number of carboxylic acids is 1. The Morgan fingerprint density at radius 2 is 1.40 bits per heavy atom. The van der Waals surface area contributed by atoms with Gasteiger partial charge in [-0.1, -0.05) is 0 Å². The van der Waals surface area contributed by atoms with Crippen LogP contribution in [0.3, 0.4) is 0 Å². The van der Waals surface area contributed by atoms with Crippen LogP contribution in [0.5, 0.6) is 0 Å². The fourth-order valence-electron chi connectivity index (χ4n) is 6.65. The van der Waals surface area contributed by atoms with E-state index >= 15 is 0 Å². The lowest BCUT2D eigenvalue weighted by Gasteiger charge is -2.29. The van der Waals surface area contributed by atoms with E-state index in [-0.39, 0.29) is 50.5 Å². The fourth-order valence-corrected chi connectivity index (χ4v) is 6.65. The second-order valence-corrected chi connectivity index (χ2v) is 14.4. The van der Waals surface area contributed by atoms with E-state index in [9.17, 15) is 53.4 Å². The molecule has 8 amide bonds. The molecule has 1 aromatic rings. The molecule has 0 radical (unpaired) electrons. The minimum Gasteiger partial charge on any atom is -0.481 e. The number of nitrogens with zero attached hydrogens (tertiary/aromatic N) is 3. The van der Waals surface area contributed by atoms with E-state index in [1.165, 1.54) is 17.4 Å². The zero-order valence-electron chi connectivity index (χ0n) is 33.0. The van der Waals surface area contributed by atoms with Gasteiger partial charge in [0, 0.05) is 44.2 Å². The van der Waals surface area contributed by atoms with Crippen molar-refractivity contribution >= 4 is 59.2 Å². The minimum absolute atomic E-state index is 0.0113. The van der Waals surface area contributed by atoms with Crippen LogP contribution >= 0.6 is 0 Å². The van der Waals surface area contributed by atoms with Crippen LogP contribution in [0.2, 0.25) is 0 Å². The molecule has 2 saturated heterocycles. The summed E-state index contributed by atoms with van der Waals surface area (Å²) in [6.45, 7) is 0.119. The van der Waals surface area contributed by atoms with Gasteiger partial charge in [0.15, 0.2) is 5.96 Å². The van der Waals surface area contributed by atoms with Crippen molar-refractivity contribution in [3.8, 4) is 0 Å². The van der Waals surface area contributed by atoms with Crippen LogP contribution < -0.4 is 54.8 Å². The number of aromatic amines is 1. The molecule has 0 saturated carbocycles. The number of aliphatic carboxylic acids is 1. The van der Waals surface area contributed by atoms with Gasteiger partial charge in [-0.2, -0.15) is 0 Å². The number of aliphatic hydroxyl groups excluding tert-OH is 1. The number of aliphatic imine (C=N–C) groups is 1. The molecule has 0 unspecified atom stereocenters. The predicted molar refractivity (Wildman–Crippen MR) is 209 cm³/mol. The fraction of sp³-hybridized carbons (Fsp3) is 0.629. The molecular formula is C35H56N14O11. The van der Waals surface area contributed by atoms with Crippen molar-refractivity contribution in [1.82, 2.24) is 46.8 Å². The molecular weight excluding hydrogens is 792 g/mol. The van der Waals surface area contributed by atoms with E-state index in [0.29, 0.717) is 38.0 Å². The first-order valence-electron chi connectivity index (χ1n) is 19.5. The van der Waals surface area contributed by atoms with Gasteiger partial charge in [-0.15, -0.1) is 0 Å². The summed E-state index contributed by atoms with van der Waals surface area (Å²) in [5, 5.41) is 34.3. The highest BCUT2D eigenvalue weighted by molar-refractivity contribution is 5.97. The number of imidazole rings is 1. The van der Waals surface area contributed by atoms with Crippen molar-refractivity contribution in [1.29, 1.82) is 0 Å². The summed E-state index contributed by atoms with van der Waals surface area (Å²) in [7, 11) is 0. The van der Waals surface area contributed by atoms with Gasteiger partial charge in [0.2, 0.25) is 47.3 Å². The maximum Gasteiger partial charge on any atom is 0.303 e. The molecule has 1 aromatic heterocycles. The lowest BCUT2D eigenvalue weighted by Crippen LogP contribution is -2.60. The van der Waals surface area contributed by atoms with Crippen molar-refractivity contribution in [2.75, 3.05) is 26.2 Å². The van der Waals surface area contributed by atoms with Crippen LogP contribution in [0.15, 0.2) is 17.5 Å². The van der Waals surface area contributed by atoms with E-state index in [1.54, 1.807) is 0 Å². The Morgan fingerprint density at radius 1 is 0.800 bits per heavy atom. The second-order valence-electron chi connectivity index (χ2n) is 14.4. The zero-order chi connectivity index (χ0) is 44.4. The summed E-state index contributed by atoms with van der Waals surface area (Å²) < 4.78 is 0. The highest BCUT2D eigenvalue weighted by Gasteiger charge is 2.40. The number of carboxylic acid groups (broad SMARTS) is 1. The van der Waals surface area contributed by atoms with Crippen LogP contribution in [0.4, 0.5) is 0 Å². The van der Waals surface area contributed by atoms with Crippen LogP contribution in [-0.2, 0) is 49.6 Å². The van der Waals surface area contributed by atoms with Gasteiger partial charge in [0.1, 0.15) is 36.3 Å². The van der Waals surface area contributed by atoms with Gasteiger partial charge in [-0.3, -0.25) is 48.1 Å². The number of carbonyl (C=O) groups is 9. The molecule has 2 aliphatic heterocycles. The lowest BCUT2D eigenvalue weighted by molar-refractivity contribution is -0.141. The summed E-state index contributed by atoms with van der Waals surface area (Å²) in [6, 6.07) is -8.82. The average molecular weight is 849 g/mol. The normalized spacial score (nSPS) is 18.4. The molecule has 25 nitrogen and oxygen atoms in total. The number of amides is 8. The number of H-pyrrole nitrogens is 1. The summed E-state index contributed by atoms with van der Waals surface area (Å²) in [6.07, 6.45) is 2.95. The predicted octanol–water partition coefficient (Wildman–Crippen LogP) is -6.22. The third-order valence-electron chi connectivity index (χ3n) is 9.82. The molecule has 0 spiro atoms. The summed E-state index contributed by atoms with van der Waals surface area (Å²) in [5.74, 6) is -8.19. The SMILES string of the molecule is NC(=O)CC[C@H](NC(=O)[C@H](Cc1cnc[nH]1)NC(=O)[C@H](CCCN=C(N)N)NC(=O)[C@H](CCC(=O)O)NC(=O)[C@@H]1CCCN1C(=O)[C@@H]1CCCN1)C(=O)N[C@@H](CO)C(N)=O. The topological polar surface area (TPSA) is 415 Å². The average Bonchev–Trinajstić information content (AvgIpc) is 4.01. The van der Waals surface area contributed by atoms with Crippen molar-refractivity contribution < 1.29 is 53.4 Å². The molecule has 17 N–H and O–H groups in total. The molecule has 60 heavy (non-hydrogen) atoms. The van der Waals surface area contributed by atoms with Crippen LogP contribution in [0.1, 0.15) is 69.9 Å². The number of hydrogen-bond acceptors (Lipinski definition) is 13. The first kappa shape index (κ1) is 48.0. The number of nitrogens with two attached hydrogens (primary N) is 4. The number of likely N-dealkylation sites (tertiary alicyclic amines) is 1. The summed E-state index contributed by atoms with van der Waals surface area (Å²) in [4.78, 5) is 129. The molecule has 332 valence electrons. The molecule has 7 atom stereocenters. The Labute approximate surface area is 344 Å². The smallest absolute Gasteiger partial charge is 0.303 e. The van der Waals surface area contributed by atoms with E-state index in [1.807, 2.05) is 0 Å². The Kier molecular flexibility index (Phi) is 19.1. The molecule has 3 heterocycles. The van der Waals surface area contributed by atoms with Gasteiger partial charge >= 0.3 is 5.97 Å². The molecule has 25 heteroatoms. The summed E-state index contributed by atoms with van der Waals surface area (Å²) >= 11 is 0. The van der Waals surface area contributed by atoms with E-state index < -0.39 is 109 Å². The third-order valence-corrected chi connectivity index (χ3v) is 9.82. The number of aliphatic hydroxyl groups is 1. The van der Waals surface area contributed by atoms with Crippen molar-refractivity contribution in [2.45, 2.75) is 113 Å². The quantitative estimate of drug-likeness (QED) is 0.0247. The number of aromatic nitrogens is 2. The molecule has 3 rings (SSSR count). The van der Waals surface area contributed by atoms with E-state index in [4.69, 9.17) is 22.9 Å². The number of carbonyl (C=O) groups excluding carboxylic acids is 8. The molecule has 0 aromatic carbocycles. The van der Waals surface area contributed by atoms with Crippen molar-refractivity contribution in [3.05, 3.63) is 18.2 Å². The zero-order valence-corrected chi connectivity index (χ0v) is 33.0. The number of rotatable bonds is 25. The Balaban J connectivity index is 1.87. The van der Waals surface area contributed by atoms with Crippen molar-refractivity contribution in [3.63, 3.8) is 0 Å². The van der Waals surface area contributed by atoms with Crippen LogP contribution in [-0.4, -0.2) is 153 Å². The van der Waals surface area contributed by atoms with Gasteiger partial charge < -0.3 is 74.9 Å². The Hall–Kier alpha value is -6.37. The Morgan fingerprint density at radius 3 is 1.95 bits per heavy atom. The standard InChI is InChI=1S/C35H56N14O11/c36-26(51)9-7-20(31(57)48-24(16-50)28(37)54)45-32(58)23(14-18-15-40-17-43-18)47-29(55)19(4-1-12-42-35(38)39)44-30(56)21(8-10-27(52)53)46-33(59)25-6-3-13-49(25)34(60)22-5-2-11-41-22/h15,17,19-25,41,50H,1-14,16H2,(H2,36,51)(H2,37,54)(H,40,43)(H,44,56)(H,45,58)(H,46,59)(H,47,55)(H,48,57)(H,52,53)(H4,38,39,42)/t19-,20-,21-,22-,23-,24-,25-/m0/s1. The third kappa shape index (κ3) is 15.4. The maximum atomic E-state index is 14.0. The lowest BCUT2D eigenvalue weighted by atomic mass is 10.0. The van der Waals surface area contributed by atoms with Gasteiger partial charge in [0.05, 0.1) is 19.0 Å². The molecule has 2 fully saturated rings. The molecule has 2 aliphatic rings. The number of hydrogen-bond donors (Lipinski definition) is 13. The first-order chi connectivity index (χ1) is 28.5. The molecule has 0 aliphatic carbocycles. The van der Waals surface area contributed by atoms with E-state index in [0.717, 1.165) is 6.42 Å². The van der Waals surface area contributed by atoms with Gasteiger partial charge in [-0.25, -0.2) is 4.98 Å². The first-order valence-corrected chi connectivity index (χ1v) is 19.5. The van der Waals surface area contributed by atoms with Gasteiger partial charge in [0.25, 0.3) is 0 Å². The molecule has 0 bridgehead atoms. The Bertz CT molecular complexity index is 1720.